The second-order valence-corrected chi connectivity index (χ2v) is 15.6. The monoisotopic (exact) mass is 764 g/mol. The summed E-state index contributed by atoms with van der Waals surface area (Å²) in [5.41, 5.74) is 14.3. The number of rotatable bonds is 7. The van der Waals surface area contributed by atoms with Crippen molar-refractivity contribution in [2.75, 3.05) is 0 Å². The van der Waals surface area contributed by atoms with Gasteiger partial charge in [0.15, 0.2) is 5.82 Å². The maximum atomic E-state index is 5.29. The largest absolute Gasteiger partial charge is 0.228 e. The number of allylic oxidation sites excluding steroid dienone is 4. The molecule has 0 bridgehead atoms. The highest BCUT2D eigenvalue weighted by Gasteiger charge is 2.15. The minimum Gasteiger partial charge on any atom is -0.228 e. The van der Waals surface area contributed by atoms with Crippen LogP contribution in [0.1, 0.15) is 18.4 Å². The molecule has 0 aliphatic heterocycles. The Morgan fingerprint density at radius 2 is 0.717 bits per heavy atom. The summed E-state index contributed by atoms with van der Waals surface area (Å²) < 4.78 is 0. The average molecular weight is 765 g/mol. The number of hydrogen-bond acceptors (Lipinski definition) is 2. The molecule has 0 amide bonds. The number of fused-ring (bicyclic) bond motifs is 6. The third-order valence-electron chi connectivity index (χ3n) is 11.9. The fourth-order valence-corrected chi connectivity index (χ4v) is 8.85. The van der Waals surface area contributed by atoms with E-state index in [1.807, 2.05) is 0 Å². The topological polar surface area (TPSA) is 25.8 Å². The molecule has 9 aromatic carbocycles. The molecule has 0 N–H and O–H groups in total. The Morgan fingerprint density at radius 1 is 0.283 bits per heavy atom. The zero-order valence-electron chi connectivity index (χ0n) is 33.1. The predicted octanol–water partition coefficient (Wildman–Crippen LogP) is 15.7. The lowest BCUT2D eigenvalue weighted by Crippen LogP contribution is -1.97. The van der Waals surface area contributed by atoms with Crippen molar-refractivity contribution < 1.29 is 0 Å². The van der Waals surface area contributed by atoms with Gasteiger partial charge in [0.25, 0.3) is 0 Å². The van der Waals surface area contributed by atoms with Crippen LogP contribution >= 0.6 is 0 Å². The van der Waals surface area contributed by atoms with E-state index in [-0.39, 0.29) is 0 Å². The Kier molecular flexibility index (Phi) is 9.02. The van der Waals surface area contributed by atoms with Gasteiger partial charge in [-0.15, -0.1) is 0 Å². The van der Waals surface area contributed by atoms with Crippen molar-refractivity contribution in [3.8, 4) is 67.3 Å². The maximum absolute atomic E-state index is 5.29. The lowest BCUT2D eigenvalue weighted by atomic mass is 9.91. The molecule has 2 heteroatoms. The van der Waals surface area contributed by atoms with Gasteiger partial charge in [-0.05, 0) is 126 Å². The fourth-order valence-electron chi connectivity index (χ4n) is 8.85. The summed E-state index contributed by atoms with van der Waals surface area (Å²) in [6, 6.07) is 72.1. The van der Waals surface area contributed by atoms with Gasteiger partial charge in [0.05, 0.1) is 11.4 Å². The van der Waals surface area contributed by atoms with Gasteiger partial charge in [-0.25, -0.2) is 9.97 Å². The third-order valence-corrected chi connectivity index (χ3v) is 11.9. The summed E-state index contributed by atoms with van der Waals surface area (Å²) in [5, 5.41) is 7.70. The first-order chi connectivity index (χ1) is 29.7. The molecule has 0 unspecified atom stereocenters. The molecular formula is C58H40N2. The van der Waals surface area contributed by atoms with Crippen LogP contribution in [0.4, 0.5) is 0 Å². The van der Waals surface area contributed by atoms with E-state index in [9.17, 15) is 0 Å². The first-order valence-corrected chi connectivity index (χ1v) is 20.8. The average Bonchev–Trinajstić information content (AvgIpc) is 3.34. The highest BCUT2D eigenvalue weighted by atomic mass is 14.9. The Bertz CT molecular complexity index is 3280. The molecule has 282 valence electrons. The molecular weight excluding hydrogens is 725 g/mol. The molecule has 0 radical (unpaired) electrons. The summed E-state index contributed by atoms with van der Waals surface area (Å²) in [7, 11) is 0. The first kappa shape index (κ1) is 35.5. The zero-order chi connectivity index (χ0) is 39.8. The molecule has 1 heterocycles. The lowest BCUT2D eigenvalue weighted by molar-refractivity contribution is 1.04. The summed E-state index contributed by atoms with van der Waals surface area (Å²) >= 11 is 0. The van der Waals surface area contributed by atoms with Crippen LogP contribution in [0.25, 0.3) is 105 Å². The van der Waals surface area contributed by atoms with Crippen molar-refractivity contribution >= 4 is 37.9 Å². The molecule has 11 rings (SSSR count). The Hall–Kier alpha value is -7.68. The molecule has 0 saturated heterocycles. The minimum atomic E-state index is 0.700. The zero-order valence-corrected chi connectivity index (χ0v) is 33.1. The molecule has 1 aromatic heterocycles. The van der Waals surface area contributed by atoms with Crippen molar-refractivity contribution in [3.63, 3.8) is 0 Å². The van der Waals surface area contributed by atoms with Crippen molar-refractivity contribution in [3.05, 3.63) is 224 Å². The summed E-state index contributed by atoms with van der Waals surface area (Å²) in [5.74, 6) is 0.700. The van der Waals surface area contributed by atoms with E-state index >= 15 is 0 Å². The summed E-state index contributed by atoms with van der Waals surface area (Å²) in [6.07, 6.45) is 8.97. The van der Waals surface area contributed by atoms with Crippen LogP contribution < -0.4 is 0 Å². The van der Waals surface area contributed by atoms with Crippen LogP contribution in [0.15, 0.2) is 218 Å². The molecule has 10 aromatic rings. The summed E-state index contributed by atoms with van der Waals surface area (Å²) in [6.45, 7) is 0. The van der Waals surface area contributed by atoms with Crippen molar-refractivity contribution in [2.45, 2.75) is 12.8 Å². The van der Waals surface area contributed by atoms with Gasteiger partial charge >= 0.3 is 0 Å². The van der Waals surface area contributed by atoms with Gasteiger partial charge in [-0.1, -0.05) is 182 Å². The van der Waals surface area contributed by atoms with Crippen molar-refractivity contribution in [1.29, 1.82) is 0 Å². The lowest BCUT2D eigenvalue weighted by Gasteiger charge is -2.13. The normalized spacial score (nSPS) is 12.6. The molecule has 0 atom stereocenters. The van der Waals surface area contributed by atoms with E-state index in [0.717, 1.165) is 63.2 Å². The molecule has 60 heavy (non-hydrogen) atoms. The molecule has 0 fully saturated rings. The number of nitrogens with zero attached hydrogens (tertiary/aromatic N) is 2. The minimum absolute atomic E-state index is 0.700. The van der Waals surface area contributed by atoms with Gasteiger partial charge in [0, 0.05) is 16.7 Å². The van der Waals surface area contributed by atoms with E-state index in [2.05, 4.69) is 218 Å². The number of aromatic nitrogens is 2. The van der Waals surface area contributed by atoms with Crippen LogP contribution in [0.2, 0.25) is 0 Å². The first-order valence-electron chi connectivity index (χ1n) is 20.8. The maximum Gasteiger partial charge on any atom is 0.160 e. The van der Waals surface area contributed by atoms with E-state index in [0.29, 0.717) is 5.82 Å². The van der Waals surface area contributed by atoms with Crippen molar-refractivity contribution in [2.24, 2.45) is 0 Å². The van der Waals surface area contributed by atoms with Gasteiger partial charge < -0.3 is 0 Å². The van der Waals surface area contributed by atoms with Gasteiger partial charge in [-0.2, -0.15) is 0 Å². The van der Waals surface area contributed by atoms with Gasteiger partial charge in [-0.3, -0.25) is 0 Å². The standard InChI is InChI=1S/C58H40N2/c1-3-15-39(16-4-1)41-19-12-24-47(34-41)56-38-57(60-58(59-56)49-26-14-20-42(36-49)40-17-5-2-6-18-40)48-25-13-23-45(35-48)43-21-11-22-44(33-43)46-31-32-54-52-29-8-7-27-50(52)51-28-9-10-30-53(51)55(54)37-46/h2-3,5-38H,1,4H2. The number of benzene rings is 9. The van der Waals surface area contributed by atoms with E-state index in [1.54, 1.807) is 0 Å². The molecule has 2 nitrogen and oxygen atoms in total. The molecule has 1 aliphatic rings. The summed E-state index contributed by atoms with van der Waals surface area (Å²) in [4.78, 5) is 10.5. The molecule has 0 spiro atoms. The van der Waals surface area contributed by atoms with Gasteiger partial charge in [0.2, 0.25) is 0 Å². The smallest absolute Gasteiger partial charge is 0.160 e. The van der Waals surface area contributed by atoms with E-state index in [4.69, 9.17) is 9.97 Å². The van der Waals surface area contributed by atoms with Crippen LogP contribution in [0, 0.1) is 0 Å². The third kappa shape index (κ3) is 6.68. The van der Waals surface area contributed by atoms with Crippen LogP contribution in [-0.2, 0) is 0 Å². The van der Waals surface area contributed by atoms with Crippen LogP contribution in [-0.4, -0.2) is 9.97 Å². The predicted molar refractivity (Wildman–Crippen MR) is 254 cm³/mol. The quantitative estimate of drug-likeness (QED) is 0.151. The van der Waals surface area contributed by atoms with Crippen molar-refractivity contribution in [1.82, 2.24) is 9.97 Å². The molecule has 0 saturated carbocycles. The number of hydrogen-bond donors (Lipinski definition) is 0. The molecule has 1 aliphatic carbocycles. The second kappa shape index (κ2) is 15.2. The SMILES string of the molecule is C1=CC(c2cccc(-c3cc(-c4cccc(-c5cccc(-c6ccc7c8ccccc8c8ccccc8c7c6)c5)c4)nc(-c4cccc(-c5ccccc5)c4)n3)c2)=CCC1. The Morgan fingerprint density at radius 3 is 1.32 bits per heavy atom. The van der Waals surface area contributed by atoms with E-state index < -0.39 is 0 Å². The highest BCUT2D eigenvalue weighted by molar-refractivity contribution is 6.25. The van der Waals surface area contributed by atoms with E-state index in [1.165, 1.54) is 54.6 Å². The fraction of sp³-hybridized carbons (Fsp3) is 0.0345. The van der Waals surface area contributed by atoms with Crippen LogP contribution in [0.3, 0.4) is 0 Å². The van der Waals surface area contributed by atoms with Crippen LogP contribution in [0.5, 0.6) is 0 Å². The Labute approximate surface area is 350 Å². The van der Waals surface area contributed by atoms with Gasteiger partial charge in [0.1, 0.15) is 0 Å². The Balaban J connectivity index is 1.01. The second-order valence-electron chi connectivity index (χ2n) is 15.6. The highest BCUT2D eigenvalue weighted by Crippen LogP contribution is 2.39.